The lowest BCUT2D eigenvalue weighted by atomic mass is 10.1. The summed E-state index contributed by atoms with van der Waals surface area (Å²) in [5.74, 6) is 1.25. The Balaban J connectivity index is 1.53. The summed E-state index contributed by atoms with van der Waals surface area (Å²) in [6.07, 6.45) is 1.85. The van der Waals surface area contributed by atoms with Gasteiger partial charge in [0.2, 0.25) is 5.76 Å². The first-order valence-electron chi connectivity index (χ1n) is 7.62. The molecule has 1 aliphatic rings. The van der Waals surface area contributed by atoms with E-state index in [4.69, 9.17) is 9.68 Å². The second-order valence-corrected chi connectivity index (χ2v) is 5.62. The molecule has 22 heavy (non-hydrogen) atoms. The summed E-state index contributed by atoms with van der Waals surface area (Å²) in [5, 5.41) is 8.79. The highest BCUT2D eigenvalue weighted by atomic mass is 16.3. The molecular weight excluding hydrogens is 276 g/mol. The molecule has 0 bridgehead atoms. The highest BCUT2D eigenvalue weighted by molar-refractivity contribution is 5.19. The quantitative estimate of drug-likeness (QED) is 0.867. The molecule has 3 heterocycles. The van der Waals surface area contributed by atoms with Crippen LogP contribution in [0.15, 0.2) is 40.9 Å². The highest BCUT2D eigenvalue weighted by Gasteiger charge is 2.23. The molecule has 2 aromatic heterocycles. The Hall–Kier alpha value is -2.16. The van der Waals surface area contributed by atoms with Crippen LogP contribution in [-0.4, -0.2) is 41.0 Å². The molecule has 2 aromatic rings. The Bertz CT molecular complexity index is 638. The van der Waals surface area contributed by atoms with Crippen molar-refractivity contribution in [2.45, 2.75) is 19.5 Å². The number of furan rings is 1. The third-order valence-corrected chi connectivity index (χ3v) is 4.22. The normalized spacial score (nSPS) is 18.0. The maximum Gasteiger partial charge on any atom is 0.203 e. The fourth-order valence-corrected chi connectivity index (χ4v) is 2.86. The second-order valence-electron chi connectivity index (χ2n) is 5.62. The molecule has 0 radical (unpaired) electrons. The lowest BCUT2D eigenvalue weighted by Crippen LogP contribution is -2.46. The highest BCUT2D eigenvalue weighted by Crippen LogP contribution is 2.20. The van der Waals surface area contributed by atoms with E-state index in [-0.39, 0.29) is 0 Å². The maximum absolute atomic E-state index is 8.79. The molecule has 1 unspecified atom stereocenters. The minimum atomic E-state index is 0.345. The van der Waals surface area contributed by atoms with E-state index < -0.39 is 0 Å². The van der Waals surface area contributed by atoms with E-state index >= 15 is 0 Å². The van der Waals surface area contributed by atoms with Gasteiger partial charge in [-0.05, 0) is 31.2 Å². The van der Waals surface area contributed by atoms with Gasteiger partial charge in [-0.1, -0.05) is 6.07 Å². The Morgan fingerprint density at radius 1 is 1.23 bits per heavy atom. The van der Waals surface area contributed by atoms with Crippen LogP contribution >= 0.6 is 0 Å². The first-order valence-corrected chi connectivity index (χ1v) is 7.62. The van der Waals surface area contributed by atoms with Crippen molar-refractivity contribution in [1.82, 2.24) is 14.8 Å². The fourth-order valence-electron chi connectivity index (χ4n) is 2.86. The number of nitrogens with zero attached hydrogens (tertiary/aromatic N) is 4. The van der Waals surface area contributed by atoms with E-state index in [0.717, 1.165) is 44.2 Å². The Morgan fingerprint density at radius 3 is 2.68 bits per heavy atom. The van der Waals surface area contributed by atoms with E-state index in [1.165, 1.54) is 0 Å². The van der Waals surface area contributed by atoms with Gasteiger partial charge in [0.1, 0.15) is 11.8 Å². The van der Waals surface area contributed by atoms with E-state index in [1.807, 2.05) is 30.5 Å². The van der Waals surface area contributed by atoms with Crippen LogP contribution in [0.3, 0.4) is 0 Å². The number of pyridine rings is 1. The molecule has 0 aliphatic carbocycles. The van der Waals surface area contributed by atoms with Crippen molar-refractivity contribution >= 4 is 0 Å². The van der Waals surface area contributed by atoms with Crippen molar-refractivity contribution < 1.29 is 4.42 Å². The molecule has 1 saturated heterocycles. The molecule has 0 spiro atoms. The fraction of sp³-hybridized carbons (Fsp3) is 0.412. The van der Waals surface area contributed by atoms with Gasteiger partial charge in [-0.15, -0.1) is 0 Å². The Labute approximate surface area is 130 Å². The third kappa shape index (κ3) is 3.35. The number of piperazine rings is 1. The summed E-state index contributed by atoms with van der Waals surface area (Å²) in [7, 11) is 0. The van der Waals surface area contributed by atoms with Crippen LogP contribution in [0, 0.1) is 11.3 Å². The Morgan fingerprint density at radius 2 is 2.05 bits per heavy atom. The molecule has 114 valence electrons. The third-order valence-electron chi connectivity index (χ3n) is 4.22. The summed E-state index contributed by atoms with van der Waals surface area (Å²) in [4.78, 5) is 9.27. The average Bonchev–Trinajstić information content (AvgIpc) is 3.03. The van der Waals surface area contributed by atoms with Crippen LogP contribution in [0.1, 0.15) is 30.2 Å². The lowest BCUT2D eigenvalue weighted by molar-refractivity contribution is 0.0919. The Kier molecular flexibility index (Phi) is 4.52. The van der Waals surface area contributed by atoms with Crippen LogP contribution in [0.5, 0.6) is 0 Å². The molecule has 0 saturated carbocycles. The van der Waals surface area contributed by atoms with E-state index in [0.29, 0.717) is 11.8 Å². The van der Waals surface area contributed by atoms with Crippen molar-refractivity contribution in [3.8, 4) is 6.07 Å². The number of hydrogen-bond acceptors (Lipinski definition) is 5. The van der Waals surface area contributed by atoms with Crippen molar-refractivity contribution in [2.24, 2.45) is 0 Å². The molecule has 0 amide bonds. The van der Waals surface area contributed by atoms with Gasteiger partial charge in [0, 0.05) is 38.4 Å². The van der Waals surface area contributed by atoms with Crippen LogP contribution in [-0.2, 0) is 6.54 Å². The summed E-state index contributed by atoms with van der Waals surface area (Å²) >= 11 is 0. The van der Waals surface area contributed by atoms with Crippen molar-refractivity contribution in [1.29, 1.82) is 5.26 Å². The molecule has 1 fully saturated rings. The molecule has 3 rings (SSSR count). The van der Waals surface area contributed by atoms with Gasteiger partial charge in [0.05, 0.1) is 12.2 Å². The van der Waals surface area contributed by atoms with E-state index in [2.05, 4.69) is 27.8 Å². The standard InChI is InChI=1S/C17H20N4O/c1-14(17-4-2-3-7-19-17)21-10-8-20(9-11-21)13-16-6-5-15(12-18)22-16/h2-7,14H,8-11,13H2,1H3. The molecule has 0 N–H and O–H groups in total. The lowest BCUT2D eigenvalue weighted by Gasteiger charge is -2.37. The first-order chi connectivity index (χ1) is 10.8. The summed E-state index contributed by atoms with van der Waals surface area (Å²) in [6, 6.07) is 12.1. The maximum atomic E-state index is 8.79. The topological polar surface area (TPSA) is 56.3 Å². The second kappa shape index (κ2) is 6.73. The first kappa shape index (κ1) is 14.8. The zero-order valence-corrected chi connectivity index (χ0v) is 12.8. The molecule has 5 heteroatoms. The van der Waals surface area contributed by atoms with Gasteiger partial charge in [0.15, 0.2) is 0 Å². The van der Waals surface area contributed by atoms with Crippen LogP contribution in [0.4, 0.5) is 0 Å². The number of nitriles is 1. The van der Waals surface area contributed by atoms with Gasteiger partial charge in [0.25, 0.3) is 0 Å². The molecule has 5 nitrogen and oxygen atoms in total. The van der Waals surface area contributed by atoms with Gasteiger partial charge in [-0.3, -0.25) is 14.8 Å². The number of rotatable bonds is 4. The SMILES string of the molecule is CC(c1ccccn1)N1CCN(Cc2ccc(C#N)o2)CC1. The molecular formula is C17H20N4O. The molecule has 1 aliphatic heterocycles. The van der Waals surface area contributed by atoms with Gasteiger partial charge < -0.3 is 4.42 Å². The van der Waals surface area contributed by atoms with Gasteiger partial charge >= 0.3 is 0 Å². The predicted molar refractivity (Wildman–Crippen MR) is 82.9 cm³/mol. The average molecular weight is 296 g/mol. The zero-order valence-electron chi connectivity index (χ0n) is 12.8. The molecule has 1 atom stereocenters. The zero-order chi connectivity index (χ0) is 15.4. The van der Waals surface area contributed by atoms with Crippen molar-refractivity contribution in [2.75, 3.05) is 26.2 Å². The minimum absolute atomic E-state index is 0.345. The van der Waals surface area contributed by atoms with Crippen LogP contribution in [0.2, 0.25) is 0 Å². The minimum Gasteiger partial charge on any atom is -0.449 e. The number of hydrogen-bond donors (Lipinski definition) is 0. The van der Waals surface area contributed by atoms with E-state index in [1.54, 1.807) is 6.07 Å². The summed E-state index contributed by atoms with van der Waals surface area (Å²) in [5.41, 5.74) is 1.13. The summed E-state index contributed by atoms with van der Waals surface area (Å²) in [6.45, 7) is 7.02. The van der Waals surface area contributed by atoms with Crippen molar-refractivity contribution in [3.05, 3.63) is 53.7 Å². The predicted octanol–water partition coefficient (Wildman–Crippen LogP) is 2.43. The molecule has 0 aromatic carbocycles. The summed E-state index contributed by atoms with van der Waals surface area (Å²) < 4.78 is 5.45. The van der Waals surface area contributed by atoms with Crippen molar-refractivity contribution in [3.63, 3.8) is 0 Å². The van der Waals surface area contributed by atoms with E-state index in [9.17, 15) is 0 Å². The van der Waals surface area contributed by atoms with Crippen LogP contribution in [0.25, 0.3) is 0 Å². The van der Waals surface area contributed by atoms with Gasteiger partial charge in [-0.25, -0.2) is 0 Å². The largest absolute Gasteiger partial charge is 0.449 e. The number of aromatic nitrogens is 1. The van der Waals surface area contributed by atoms with Crippen LogP contribution < -0.4 is 0 Å². The monoisotopic (exact) mass is 296 g/mol. The van der Waals surface area contributed by atoms with Gasteiger partial charge in [-0.2, -0.15) is 5.26 Å². The smallest absolute Gasteiger partial charge is 0.203 e.